The quantitative estimate of drug-likeness (QED) is 0.656. The maximum atomic E-state index is 13.2. The lowest BCUT2D eigenvalue weighted by atomic mass is 10.3. The van der Waals surface area contributed by atoms with E-state index >= 15 is 0 Å². The van der Waals surface area contributed by atoms with Crippen molar-refractivity contribution in [2.24, 2.45) is 0 Å². The molecule has 28 heavy (non-hydrogen) atoms. The molecule has 10 heteroatoms. The van der Waals surface area contributed by atoms with Crippen LogP contribution in [0.4, 0.5) is 10.1 Å². The Morgan fingerprint density at radius 1 is 1.14 bits per heavy atom. The van der Waals surface area contributed by atoms with Crippen molar-refractivity contribution in [2.45, 2.75) is 18.7 Å². The van der Waals surface area contributed by atoms with Crippen molar-refractivity contribution in [2.75, 3.05) is 25.0 Å². The highest BCUT2D eigenvalue weighted by molar-refractivity contribution is 7.89. The van der Waals surface area contributed by atoms with Gasteiger partial charge < -0.3 is 10.1 Å². The van der Waals surface area contributed by atoms with Crippen LogP contribution in [0.2, 0.25) is 10.0 Å². The molecule has 0 spiro atoms. The van der Waals surface area contributed by atoms with Crippen molar-refractivity contribution in [3.8, 4) is 5.75 Å². The highest BCUT2D eigenvalue weighted by Gasteiger charge is 2.26. The molecule has 152 valence electrons. The van der Waals surface area contributed by atoms with E-state index in [0.717, 1.165) is 10.4 Å². The third-order valence-electron chi connectivity index (χ3n) is 3.72. The summed E-state index contributed by atoms with van der Waals surface area (Å²) in [4.78, 5) is 12.2. The fraction of sp³-hybridized carbons (Fsp3) is 0.278. The molecule has 2 rings (SSSR count). The summed E-state index contributed by atoms with van der Waals surface area (Å²) < 4.78 is 45.2. The lowest BCUT2D eigenvalue weighted by Crippen LogP contribution is -2.37. The van der Waals surface area contributed by atoms with E-state index in [1.165, 1.54) is 30.3 Å². The zero-order chi connectivity index (χ0) is 20.9. The predicted octanol–water partition coefficient (Wildman–Crippen LogP) is 4.18. The summed E-state index contributed by atoms with van der Waals surface area (Å²) in [6, 6.07) is 7.79. The van der Waals surface area contributed by atoms with Crippen LogP contribution in [-0.4, -0.2) is 38.3 Å². The van der Waals surface area contributed by atoms with Gasteiger partial charge in [0, 0.05) is 12.2 Å². The molecule has 0 saturated carbocycles. The summed E-state index contributed by atoms with van der Waals surface area (Å²) in [6.07, 6.45) is 0. The third kappa shape index (κ3) is 5.35. The molecule has 1 amide bonds. The maximum absolute atomic E-state index is 13.2. The van der Waals surface area contributed by atoms with E-state index in [1.54, 1.807) is 13.8 Å². The zero-order valence-corrected chi connectivity index (χ0v) is 17.5. The van der Waals surface area contributed by atoms with Crippen molar-refractivity contribution in [3.05, 3.63) is 52.3 Å². The molecule has 2 aromatic rings. The van der Waals surface area contributed by atoms with Gasteiger partial charge in [-0.15, -0.1) is 0 Å². The second-order valence-corrected chi connectivity index (χ2v) is 8.39. The van der Waals surface area contributed by atoms with Gasteiger partial charge in [0.25, 0.3) is 0 Å². The number of likely N-dealkylation sites (N-methyl/N-ethyl adjacent to an activating group) is 1. The molecule has 0 bridgehead atoms. The smallest absolute Gasteiger partial charge is 0.243 e. The molecule has 1 N–H and O–H groups in total. The van der Waals surface area contributed by atoms with E-state index in [-0.39, 0.29) is 27.2 Å². The molecule has 0 aromatic heterocycles. The SMILES string of the molecule is CCOc1ccc(S(=O)(=O)N(CC)CC(=O)Nc2ccc(F)c(Cl)c2)cc1Cl. The van der Waals surface area contributed by atoms with Crippen LogP contribution < -0.4 is 10.1 Å². The summed E-state index contributed by atoms with van der Waals surface area (Å²) in [7, 11) is -3.96. The van der Waals surface area contributed by atoms with Crippen LogP contribution >= 0.6 is 23.2 Å². The van der Waals surface area contributed by atoms with Crippen LogP contribution in [0, 0.1) is 5.82 Å². The van der Waals surface area contributed by atoms with Gasteiger partial charge in [-0.25, -0.2) is 12.8 Å². The van der Waals surface area contributed by atoms with Gasteiger partial charge in [0.2, 0.25) is 15.9 Å². The van der Waals surface area contributed by atoms with Crippen LogP contribution in [0.3, 0.4) is 0 Å². The minimum atomic E-state index is -3.96. The fourth-order valence-electron chi connectivity index (χ4n) is 2.36. The van der Waals surface area contributed by atoms with Gasteiger partial charge in [-0.05, 0) is 43.3 Å². The van der Waals surface area contributed by atoms with Gasteiger partial charge in [0.05, 0.1) is 28.1 Å². The summed E-state index contributed by atoms with van der Waals surface area (Å²) in [5.74, 6) is -0.841. The average Bonchev–Trinajstić information content (AvgIpc) is 2.64. The number of amides is 1. The maximum Gasteiger partial charge on any atom is 0.243 e. The number of rotatable bonds is 8. The number of ether oxygens (including phenoxy) is 1. The Hall–Kier alpha value is -1.87. The van der Waals surface area contributed by atoms with Crippen molar-refractivity contribution in [1.29, 1.82) is 0 Å². The van der Waals surface area contributed by atoms with Gasteiger partial charge >= 0.3 is 0 Å². The van der Waals surface area contributed by atoms with Crippen LogP contribution in [0.5, 0.6) is 5.75 Å². The Morgan fingerprint density at radius 3 is 2.43 bits per heavy atom. The minimum Gasteiger partial charge on any atom is -0.492 e. The molecule has 6 nitrogen and oxygen atoms in total. The van der Waals surface area contributed by atoms with Crippen LogP contribution in [0.25, 0.3) is 0 Å². The molecule has 0 unspecified atom stereocenters. The standard InChI is InChI=1S/C18H19Cl2FN2O4S/c1-3-23(11-18(24)22-12-5-7-16(21)14(19)9-12)28(25,26)13-6-8-17(27-4-2)15(20)10-13/h5-10H,3-4,11H2,1-2H3,(H,22,24). The first-order chi connectivity index (χ1) is 13.2. The second kappa shape index (κ2) is 9.56. The van der Waals surface area contributed by atoms with Crippen LogP contribution in [0.15, 0.2) is 41.3 Å². The first-order valence-corrected chi connectivity index (χ1v) is 10.6. The number of nitrogens with one attached hydrogen (secondary N) is 1. The number of carbonyl (C=O) groups excluding carboxylic acids is 1. The molecule has 2 aromatic carbocycles. The molecule has 0 heterocycles. The van der Waals surface area contributed by atoms with E-state index in [1.807, 2.05) is 0 Å². The van der Waals surface area contributed by atoms with Crippen LogP contribution in [0.1, 0.15) is 13.8 Å². The van der Waals surface area contributed by atoms with Crippen molar-refractivity contribution in [1.82, 2.24) is 4.31 Å². The van der Waals surface area contributed by atoms with Gasteiger partial charge in [0.15, 0.2) is 0 Å². The van der Waals surface area contributed by atoms with Gasteiger partial charge in [-0.2, -0.15) is 4.31 Å². The summed E-state index contributed by atoms with van der Waals surface area (Å²) in [5.41, 5.74) is 0.258. The number of nitrogens with zero attached hydrogens (tertiary/aromatic N) is 1. The first kappa shape index (κ1) is 22.4. The highest BCUT2D eigenvalue weighted by atomic mass is 35.5. The Kier molecular flexibility index (Phi) is 7.65. The summed E-state index contributed by atoms with van der Waals surface area (Å²) in [5, 5.41) is 2.50. The monoisotopic (exact) mass is 448 g/mol. The van der Waals surface area contributed by atoms with Crippen LogP contribution in [-0.2, 0) is 14.8 Å². The Labute approximate surface area is 173 Å². The van der Waals surface area contributed by atoms with E-state index in [0.29, 0.717) is 12.4 Å². The first-order valence-electron chi connectivity index (χ1n) is 8.36. The molecule has 0 aliphatic heterocycles. The van der Waals surface area contributed by atoms with Gasteiger partial charge in [-0.1, -0.05) is 30.1 Å². The lowest BCUT2D eigenvalue weighted by molar-refractivity contribution is -0.116. The van der Waals surface area contributed by atoms with Gasteiger partial charge in [0.1, 0.15) is 11.6 Å². The Morgan fingerprint density at radius 2 is 1.86 bits per heavy atom. The number of anilines is 1. The highest BCUT2D eigenvalue weighted by Crippen LogP contribution is 2.28. The number of benzene rings is 2. The molecule has 0 aliphatic rings. The normalized spacial score (nSPS) is 11.5. The summed E-state index contributed by atoms with van der Waals surface area (Å²) in [6.45, 7) is 3.41. The third-order valence-corrected chi connectivity index (χ3v) is 6.22. The van der Waals surface area contributed by atoms with Crippen molar-refractivity contribution in [3.63, 3.8) is 0 Å². The van der Waals surface area contributed by atoms with E-state index in [4.69, 9.17) is 27.9 Å². The molecule has 0 fully saturated rings. The molecule has 0 radical (unpaired) electrons. The Bertz CT molecular complexity index is 970. The van der Waals surface area contributed by atoms with Gasteiger partial charge in [-0.3, -0.25) is 4.79 Å². The summed E-state index contributed by atoms with van der Waals surface area (Å²) >= 11 is 11.7. The fourth-order valence-corrected chi connectivity index (χ4v) is 4.28. The number of hydrogen-bond donors (Lipinski definition) is 1. The lowest BCUT2D eigenvalue weighted by Gasteiger charge is -2.20. The largest absolute Gasteiger partial charge is 0.492 e. The van der Waals surface area contributed by atoms with E-state index in [9.17, 15) is 17.6 Å². The number of halogens is 3. The van der Waals surface area contributed by atoms with E-state index in [2.05, 4.69) is 5.32 Å². The zero-order valence-electron chi connectivity index (χ0n) is 15.2. The average molecular weight is 449 g/mol. The van der Waals surface area contributed by atoms with Crippen molar-refractivity contribution >= 4 is 44.8 Å². The molecule has 0 saturated heterocycles. The second-order valence-electron chi connectivity index (χ2n) is 5.63. The van der Waals surface area contributed by atoms with Crippen molar-refractivity contribution < 1.29 is 22.3 Å². The molecule has 0 aliphatic carbocycles. The molecular formula is C18H19Cl2FN2O4S. The minimum absolute atomic E-state index is 0.0552. The molecule has 0 atom stereocenters. The topological polar surface area (TPSA) is 75.7 Å². The molecular weight excluding hydrogens is 430 g/mol. The Balaban J connectivity index is 2.17. The number of hydrogen-bond acceptors (Lipinski definition) is 4. The predicted molar refractivity (Wildman–Crippen MR) is 107 cm³/mol. The van der Waals surface area contributed by atoms with E-state index < -0.39 is 28.3 Å². The number of carbonyl (C=O) groups is 1. The number of sulfonamides is 1.